The molecular weight excluding hydrogens is 398 g/mol. The van der Waals surface area contributed by atoms with Gasteiger partial charge in [0, 0.05) is 16.7 Å². The number of hydrogen-bond donors (Lipinski definition) is 0. The van der Waals surface area contributed by atoms with E-state index in [1.807, 2.05) is 0 Å². The van der Waals surface area contributed by atoms with Crippen LogP contribution in [0.1, 0.15) is 27.0 Å². The van der Waals surface area contributed by atoms with Crippen LogP contribution in [0.4, 0.5) is 23.2 Å². The van der Waals surface area contributed by atoms with Crippen molar-refractivity contribution in [2.75, 3.05) is 4.90 Å². The maximum absolute atomic E-state index is 14.2. The summed E-state index contributed by atoms with van der Waals surface area (Å²) in [4.78, 5) is 26.9. The van der Waals surface area contributed by atoms with Crippen LogP contribution in [-0.4, -0.2) is 11.8 Å². The predicted octanol–water partition coefficient (Wildman–Crippen LogP) is 5.57. The molecule has 30 heavy (non-hydrogen) atoms. The van der Waals surface area contributed by atoms with E-state index in [0.29, 0.717) is 10.5 Å². The molecule has 150 valence electrons. The van der Waals surface area contributed by atoms with E-state index >= 15 is 0 Å². The Hall–Kier alpha value is -3.74. The monoisotopic (exact) mass is 411 g/mol. The Labute approximate surface area is 168 Å². The van der Waals surface area contributed by atoms with Crippen molar-refractivity contribution in [1.29, 1.82) is 0 Å². The van der Waals surface area contributed by atoms with Crippen LogP contribution in [-0.2, 0) is 11.0 Å². The van der Waals surface area contributed by atoms with Gasteiger partial charge in [-0.3, -0.25) is 9.59 Å². The lowest BCUT2D eigenvalue weighted by Crippen LogP contribution is -2.41. The number of benzene rings is 3. The van der Waals surface area contributed by atoms with Gasteiger partial charge in [0.05, 0.1) is 11.3 Å². The molecule has 0 atom stereocenters. The Morgan fingerprint density at radius 1 is 0.767 bits per heavy atom. The molecule has 0 radical (unpaired) electrons. The van der Waals surface area contributed by atoms with E-state index in [9.17, 15) is 27.2 Å². The molecule has 0 saturated carbocycles. The van der Waals surface area contributed by atoms with Crippen LogP contribution in [0.3, 0.4) is 0 Å². The molecular formula is C23H13F4NO2. The standard InChI is InChI=1S/C23H13F4NO2/c24-20-11-4-1-6-14(20)12-19-17-9-2-3-10-18(17)21(29)28(22(19)30)16-8-5-7-15(13-16)23(25,26)27/h1-13H/b19-12+. The zero-order valence-electron chi connectivity index (χ0n) is 15.3. The maximum Gasteiger partial charge on any atom is 0.416 e. The number of hydrogen-bond acceptors (Lipinski definition) is 2. The molecule has 4 rings (SSSR count). The highest BCUT2D eigenvalue weighted by molar-refractivity contribution is 6.43. The van der Waals surface area contributed by atoms with Crippen LogP contribution in [0.2, 0.25) is 0 Å². The van der Waals surface area contributed by atoms with Gasteiger partial charge in [-0.1, -0.05) is 42.5 Å². The molecule has 0 fully saturated rings. The van der Waals surface area contributed by atoms with Crippen molar-refractivity contribution in [2.45, 2.75) is 6.18 Å². The minimum atomic E-state index is -4.64. The van der Waals surface area contributed by atoms with Crippen LogP contribution in [0.25, 0.3) is 11.6 Å². The molecule has 0 aromatic heterocycles. The van der Waals surface area contributed by atoms with E-state index in [1.54, 1.807) is 24.3 Å². The van der Waals surface area contributed by atoms with Gasteiger partial charge in [-0.15, -0.1) is 0 Å². The average Bonchev–Trinajstić information content (AvgIpc) is 2.72. The molecule has 1 aliphatic heterocycles. The highest BCUT2D eigenvalue weighted by Crippen LogP contribution is 2.36. The van der Waals surface area contributed by atoms with Crippen molar-refractivity contribution >= 4 is 29.2 Å². The summed E-state index contributed by atoms with van der Waals surface area (Å²) in [6.45, 7) is 0. The lowest BCUT2D eigenvalue weighted by atomic mass is 9.91. The van der Waals surface area contributed by atoms with Crippen molar-refractivity contribution in [2.24, 2.45) is 0 Å². The third-order valence-corrected chi connectivity index (χ3v) is 4.72. The SMILES string of the molecule is O=C1/C(=C/c2ccccc2F)c2ccccc2C(=O)N1c1cccc(C(F)(F)F)c1. The second-order valence-corrected chi connectivity index (χ2v) is 6.62. The summed E-state index contributed by atoms with van der Waals surface area (Å²) in [5, 5.41) is 0. The number of carbonyl (C=O) groups is 2. The van der Waals surface area contributed by atoms with Gasteiger partial charge < -0.3 is 0 Å². The van der Waals surface area contributed by atoms with Gasteiger partial charge in [-0.05, 0) is 42.0 Å². The van der Waals surface area contributed by atoms with Gasteiger partial charge in [0.25, 0.3) is 11.8 Å². The summed E-state index contributed by atoms with van der Waals surface area (Å²) in [5.41, 5.74) is -0.648. The van der Waals surface area contributed by atoms with E-state index in [4.69, 9.17) is 0 Å². The number of fused-ring (bicyclic) bond motifs is 1. The zero-order chi connectivity index (χ0) is 21.5. The molecule has 0 spiro atoms. The number of anilines is 1. The molecule has 7 heteroatoms. The number of amides is 2. The first-order valence-corrected chi connectivity index (χ1v) is 8.89. The molecule has 3 aromatic rings. The first-order valence-electron chi connectivity index (χ1n) is 8.89. The Bertz CT molecular complexity index is 1200. The van der Waals surface area contributed by atoms with Crippen LogP contribution in [0.15, 0.2) is 72.8 Å². The summed E-state index contributed by atoms with van der Waals surface area (Å²) < 4.78 is 53.6. The molecule has 1 heterocycles. The summed E-state index contributed by atoms with van der Waals surface area (Å²) in [6, 6.07) is 15.9. The van der Waals surface area contributed by atoms with Crippen LogP contribution < -0.4 is 4.90 Å². The molecule has 2 amide bonds. The normalized spacial score (nSPS) is 15.5. The molecule has 3 nitrogen and oxygen atoms in total. The third-order valence-electron chi connectivity index (χ3n) is 4.72. The second-order valence-electron chi connectivity index (χ2n) is 6.62. The summed E-state index contributed by atoms with van der Waals surface area (Å²) in [7, 11) is 0. The smallest absolute Gasteiger partial charge is 0.268 e. The number of rotatable bonds is 2. The number of alkyl halides is 3. The predicted molar refractivity (Wildman–Crippen MR) is 104 cm³/mol. The van der Waals surface area contributed by atoms with Gasteiger partial charge in [0.2, 0.25) is 0 Å². The van der Waals surface area contributed by atoms with E-state index < -0.39 is 29.4 Å². The van der Waals surface area contributed by atoms with Crippen LogP contribution in [0, 0.1) is 5.82 Å². The number of imide groups is 1. The average molecular weight is 411 g/mol. The minimum Gasteiger partial charge on any atom is -0.268 e. The third kappa shape index (κ3) is 3.39. The lowest BCUT2D eigenvalue weighted by molar-refractivity contribution is -0.137. The highest BCUT2D eigenvalue weighted by atomic mass is 19.4. The number of nitrogens with zero attached hydrogens (tertiary/aromatic N) is 1. The fourth-order valence-electron chi connectivity index (χ4n) is 3.30. The lowest BCUT2D eigenvalue weighted by Gasteiger charge is -2.29. The first kappa shape index (κ1) is 19.6. The van der Waals surface area contributed by atoms with E-state index in [0.717, 1.165) is 18.2 Å². The number of halogens is 4. The quantitative estimate of drug-likeness (QED) is 0.314. The topological polar surface area (TPSA) is 37.4 Å². The molecule has 0 bridgehead atoms. The Balaban J connectivity index is 1.90. The van der Waals surface area contributed by atoms with Gasteiger partial charge >= 0.3 is 6.18 Å². The highest BCUT2D eigenvalue weighted by Gasteiger charge is 2.37. The zero-order valence-corrected chi connectivity index (χ0v) is 15.3. The minimum absolute atomic E-state index is 0.00714. The van der Waals surface area contributed by atoms with Crippen LogP contribution in [0.5, 0.6) is 0 Å². The first-order chi connectivity index (χ1) is 14.3. The second kappa shape index (κ2) is 7.26. The van der Waals surface area contributed by atoms with E-state index in [-0.39, 0.29) is 22.4 Å². The Kier molecular flexibility index (Phi) is 4.73. The van der Waals surface area contributed by atoms with E-state index in [2.05, 4.69) is 0 Å². The Morgan fingerprint density at radius 2 is 1.43 bits per heavy atom. The summed E-state index contributed by atoms with van der Waals surface area (Å²) >= 11 is 0. The molecule has 0 N–H and O–H groups in total. The fraction of sp³-hybridized carbons (Fsp3) is 0.0435. The van der Waals surface area contributed by atoms with Gasteiger partial charge in [-0.2, -0.15) is 13.2 Å². The maximum atomic E-state index is 14.2. The molecule has 1 aliphatic rings. The molecule has 0 aliphatic carbocycles. The Morgan fingerprint density at radius 3 is 2.13 bits per heavy atom. The van der Waals surface area contributed by atoms with Gasteiger partial charge in [0.15, 0.2) is 0 Å². The number of carbonyl (C=O) groups excluding carboxylic acids is 2. The van der Waals surface area contributed by atoms with Crippen LogP contribution >= 0.6 is 0 Å². The van der Waals surface area contributed by atoms with Gasteiger partial charge in [-0.25, -0.2) is 9.29 Å². The van der Waals surface area contributed by atoms with Crippen molar-refractivity contribution < 1.29 is 27.2 Å². The molecule has 3 aromatic carbocycles. The van der Waals surface area contributed by atoms with Gasteiger partial charge in [0.1, 0.15) is 5.82 Å². The van der Waals surface area contributed by atoms with Crippen molar-refractivity contribution in [3.05, 3.63) is 101 Å². The molecule has 0 saturated heterocycles. The largest absolute Gasteiger partial charge is 0.416 e. The van der Waals surface area contributed by atoms with E-state index in [1.165, 1.54) is 36.4 Å². The molecule has 0 unspecified atom stereocenters. The summed E-state index contributed by atoms with van der Waals surface area (Å²) in [5.74, 6) is -2.15. The summed E-state index contributed by atoms with van der Waals surface area (Å²) in [6.07, 6.45) is -3.34. The van der Waals surface area contributed by atoms with Crippen molar-refractivity contribution in [1.82, 2.24) is 0 Å². The fourth-order valence-corrected chi connectivity index (χ4v) is 3.30. The van der Waals surface area contributed by atoms with Crippen molar-refractivity contribution in [3.8, 4) is 0 Å². The van der Waals surface area contributed by atoms with Crippen molar-refractivity contribution in [3.63, 3.8) is 0 Å².